The van der Waals surface area contributed by atoms with Gasteiger partial charge in [0.15, 0.2) is 0 Å². The second kappa shape index (κ2) is 6.02. The standard InChI is InChI=1S/C12H15FN2O/c1-2-12(16)9(7-14)8-15-11-6-4-3-5-10(11)13/h3-8,12,16H,2,14H2,1H3. The van der Waals surface area contributed by atoms with Crippen molar-refractivity contribution in [1.82, 2.24) is 0 Å². The fourth-order valence-electron chi connectivity index (χ4n) is 1.18. The Labute approximate surface area is 94.1 Å². The SMILES string of the molecule is CCC(O)C(C=Nc1ccccc1F)=CN. The molecule has 0 amide bonds. The molecule has 0 radical (unpaired) electrons. The lowest BCUT2D eigenvalue weighted by Crippen LogP contribution is -2.11. The molecule has 0 aliphatic rings. The highest BCUT2D eigenvalue weighted by Gasteiger charge is 2.05. The lowest BCUT2D eigenvalue weighted by Gasteiger charge is -2.07. The molecule has 1 aromatic rings. The Morgan fingerprint density at radius 3 is 2.81 bits per heavy atom. The Morgan fingerprint density at radius 2 is 2.25 bits per heavy atom. The van der Waals surface area contributed by atoms with Crippen LogP contribution in [0, 0.1) is 5.82 Å². The Hall–Kier alpha value is -1.68. The lowest BCUT2D eigenvalue weighted by atomic mass is 10.1. The number of aliphatic imine (C=N–C) groups is 1. The van der Waals surface area contributed by atoms with Crippen LogP contribution in [0.4, 0.5) is 10.1 Å². The third-order valence-corrected chi connectivity index (χ3v) is 2.17. The molecule has 1 aromatic carbocycles. The Balaban J connectivity index is 2.84. The summed E-state index contributed by atoms with van der Waals surface area (Å²) < 4.78 is 13.2. The highest BCUT2D eigenvalue weighted by atomic mass is 19.1. The molecule has 0 saturated carbocycles. The second-order valence-electron chi connectivity index (χ2n) is 3.30. The maximum absolute atomic E-state index is 13.2. The van der Waals surface area contributed by atoms with Gasteiger partial charge >= 0.3 is 0 Å². The van der Waals surface area contributed by atoms with Gasteiger partial charge in [-0.25, -0.2) is 4.39 Å². The Bertz CT molecular complexity index is 402. The summed E-state index contributed by atoms with van der Waals surface area (Å²) >= 11 is 0. The van der Waals surface area contributed by atoms with Crippen molar-refractivity contribution in [2.45, 2.75) is 19.4 Å². The molecule has 1 unspecified atom stereocenters. The first-order chi connectivity index (χ1) is 7.69. The summed E-state index contributed by atoms with van der Waals surface area (Å²) in [6, 6.07) is 6.17. The number of para-hydroxylation sites is 1. The van der Waals surface area contributed by atoms with Gasteiger partial charge in [0.05, 0.1) is 11.8 Å². The van der Waals surface area contributed by atoms with E-state index in [4.69, 9.17) is 5.73 Å². The van der Waals surface area contributed by atoms with E-state index in [1.165, 1.54) is 18.5 Å². The molecule has 0 fully saturated rings. The number of hydrogen-bond acceptors (Lipinski definition) is 3. The van der Waals surface area contributed by atoms with Crippen LogP contribution in [0.25, 0.3) is 0 Å². The molecule has 0 aliphatic carbocycles. The monoisotopic (exact) mass is 222 g/mol. The van der Waals surface area contributed by atoms with Gasteiger partial charge in [-0.3, -0.25) is 4.99 Å². The van der Waals surface area contributed by atoms with E-state index >= 15 is 0 Å². The van der Waals surface area contributed by atoms with Crippen molar-refractivity contribution in [3.63, 3.8) is 0 Å². The van der Waals surface area contributed by atoms with E-state index in [1.54, 1.807) is 18.2 Å². The van der Waals surface area contributed by atoms with Gasteiger partial charge < -0.3 is 10.8 Å². The highest BCUT2D eigenvalue weighted by molar-refractivity contribution is 5.82. The van der Waals surface area contributed by atoms with Gasteiger partial charge in [-0.2, -0.15) is 0 Å². The van der Waals surface area contributed by atoms with Crippen LogP contribution < -0.4 is 5.73 Å². The number of nitrogens with zero attached hydrogens (tertiary/aromatic N) is 1. The van der Waals surface area contributed by atoms with Crippen LogP contribution in [0.15, 0.2) is 41.0 Å². The van der Waals surface area contributed by atoms with E-state index in [-0.39, 0.29) is 5.69 Å². The number of hydrogen-bond donors (Lipinski definition) is 2. The second-order valence-corrected chi connectivity index (χ2v) is 3.30. The molecular weight excluding hydrogens is 207 g/mol. The summed E-state index contributed by atoms with van der Waals surface area (Å²) in [5.74, 6) is -0.402. The Kier molecular flexibility index (Phi) is 4.66. The fraction of sp³-hybridized carbons (Fsp3) is 0.250. The molecule has 0 saturated heterocycles. The number of nitrogens with two attached hydrogens (primary N) is 1. The van der Waals surface area contributed by atoms with Gasteiger partial charge in [-0.15, -0.1) is 0 Å². The molecular formula is C12H15FN2O. The van der Waals surface area contributed by atoms with E-state index in [2.05, 4.69) is 4.99 Å². The molecule has 0 aliphatic heterocycles. The minimum absolute atomic E-state index is 0.227. The van der Waals surface area contributed by atoms with Crippen molar-refractivity contribution in [3.05, 3.63) is 41.9 Å². The van der Waals surface area contributed by atoms with Crippen LogP contribution in [-0.4, -0.2) is 17.4 Å². The molecule has 4 heteroatoms. The predicted molar refractivity (Wildman–Crippen MR) is 63.1 cm³/mol. The summed E-state index contributed by atoms with van der Waals surface area (Å²) in [6.07, 6.45) is 2.53. The van der Waals surface area contributed by atoms with Crippen molar-refractivity contribution in [3.8, 4) is 0 Å². The first kappa shape index (κ1) is 12.4. The van der Waals surface area contributed by atoms with Crippen molar-refractivity contribution >= 4 is 11.9 Å². The largest absolute Gasteiger partial charge is 0.404 e. The van der Waals surface area contributed by atoms with Gasteiger partial charge in [0.2, 0.25) is 0 Å². The van der Waals surface area contributed by atoms with E-state index in [9.17, 15) is 9.50 Å². The topological polar surface area (TPSA) is 58.6 Å². The third kappa shape index (κ3) is 3.17. The van der Waals surface area contributed by atoms with Crippen LogP contribution in [0.5, 0.6) is 0 Å². The van der Waals surface area contributed by atoms with E-state index in [0.717, 1.165) is 0 Å². The normalized spacial score (nSPS) is 14.3. The van der Waals surface area contributed by atoms with Crippen LogP contribution in [0.2, 0.25) is 0 Å². The molecule has 1 rings (SSSR count). The molecule has 0 heterocycles. The third-order valence-electron chi connectivity index (χ3n) is 2.17. The van der Waals surface area contributed by atoms with Gasteiger partial charge in [-0.1, -0.05) is 19.1 Å². The summed E-state index contributed by atoms with van der Waals surface area (Å²) in [7, 11) is 0. The summed E-state index contributed by atoms with van der Waals surface area (Å²) in [4.78, 5) is 3.94. The molecule has 0 spiro atoms. The van der Waals surface area contributed by atoms with Crippen LogP contribution in [0.1, 0.15) is 13.3 Å². The van der Waals surface area contributed by atoms with E-state index < -0.39 is 11.9 Å². The first-order valence-corrected chi connectivity index (χ1v) is 5.07. The zero-order valence-corrected chi connectivity index (χ0v) is 9.10. The zero-order chi connectivity index (χ0) is 12.0. The molecule has 86 valence electrons. The van der Waals surface area contributed by atoms with Gasteiger partial charge in [-0.05, 0) is 18.6 Å². The average Bonchev–Trinajstić information content (AvgIpc) is 2.31. The molecule has 0 bridgehead atoms. The number of benzene rings is 1. The maximum atomic E-state index is 13.2. The van der Waals surface area contributed by atoms with E-state index in [0.29, 0.717) is 12.0 Å². The predicted octanol–water partition coefficient (Wildman–Crippen LogP) is 2.14. The van der Waals surface area contributed by atoms with Crippen molar-refractivity contribution in [2.75, 3.05) is 0 Å². The first-order valence-electron chi connectivity index (χ1n) is 5.07. The zero-order valence-electron chi connectivity index (χ0n) is 9.10. The van der Waals surface area contributed by atoms with Crippen molar-refractivity contribution < 1.29 is 9.50 Å². The molecule has 3 nitrogen and oxygen atoms in total. The molecule has 0 aromatic heterocycles. The van der Waals surface area contributed by atoms with Crippen LogP contribution in [0.3, 0.4) is 0 Å². The van der Waals surface area contributed by atoms with Crippen molar-refractivity contribution in [2.24, 2.45) is 10.7 Å². The minimum atomic E-state index is -0.666. The highest BCUT2D eigenvalue weighted by Crippen LogP contribution is 2.16. The summed E-state index contributed by atoms with van der Waals surface area (Å²) in [5.41, 5.74) is 6.05. The number of aliphatic hydroxyl groups excluding tert-OH is 1. The quantitative estimate of drug-likeness (QED) is 0.767. The lowest BCUT2D eigenvalue weighted by molar-refractivity contribution is 0.213. The molecule has 3 N–H and O–H groups in total. The average molecular weight is 222 g/mol. The van der Waals surface area contributed by atoms with E-state index in [1.807, 2.05) is 6.92 Å². The summed E-state index contributed by atoms with van der Waals surface area (Å²) in [5, 5.41) is 9.53. The number of rotatable bonds is 4. The van der Waals surface area contributed by atoms with Gasteiger partial charge in [0.1, 0.15) is 5.82 Å². The smallest absolute Gasteiger partial charge is 0.148 e. The van der Waals surface area contributed by atoms with Gasteiger partial charge in [0.25, 0.3) is 0 Å². The fourth-order valence-corrected chi connectivity index (χ4v) is 1.18. The number of halogens is 1. The maximum Gasteiger partial charge on any atom is 0.148 e. The summed E-state index contributed by atoms with van der Waals surface area (Å²) in [6.45, 7) is 1.82. The Morgan fingerprint density at radius 1 is 1.56 bits per heavy atom. The molecule has 1 atom stereocenters. The molecule has 16 heavy (non-hydrogen) atoms. The van der Waals surface area contributed by atoms with Crippen LogP contribution >= 0.6 is 0 Å². The van der Waals surface area contributed by atoms with Gasteiger partial charge in [0, 0.05) is 18.0 Å². The van der Waals surface area contributed by atoms with Crippen LogP contribution in [-0.2, 0) is 0 Å². The van der Waals surface area contributed by atoms with Crippen molar-refractivity contribution in [1.29, 1.82) is 0 Å². The minimum Gasteiger partial charge on any atom is -0.404 e. The number of aliphatic hydroxyl groups is 1.